The van der Waals surface area contributed by atoms with Crippen molar-refractivity contribution in [2.45, 2.75) is 43.9 Å². The molecule has 15 heavy (non-hydrogen) atoms. The first-order valence-corrected chi connectivity index (χ1v) is 7.04. The summed E-state index contributed by atoms with van der Waals surface area (Å²) in [4.78, 5) is 11.5. The summed E-state index contributed by atoms with van der Waals surface area (Å²) >= 11 is 1.85. The normalized spacial score (nSPS) is 22.7. The Kier molecular flexibility index (Phi) is 6.10. The van der Waals surface area contributed by atoms with E-state index in [2.05, 4.69) is 23.8 Å². The number of carbonyl (C=O) groups excluding carboxylic acids is 1. The zero-order chi connectivity index (χ0) is 11.1. The van der Waals surface area contributed by atoms with E-state index in [0.717, 1.165) is 25.9 Å². The Morgan fingerprint density at radius 2 is 2.47 bits per heavy atom. The number of thioether (sulfide) groups is 1. The lowest BCUT2D eigenvalue weighted by atomic mass is 10.1. The fourth-order valence-electron chi connectivity index (χ4n) is 1.76. The van der Waals surface area contributed by atoms with Crippen LogP contribution in [0.1, 0.15) is 32.6 Å². The molecular weight excluding hydrogens is 208 g/mol. The maximum absolute atomic E-state index is 11.5. The number of hydrogen-bond donors (Lipinski definition) is 2. The molecule has 1 heterocycles. The van der Waals surface area contributed by atoms with Gasteiger partial charge in [0, 0.05) is 24.3 Å². The van der Waals surface area contributed by atoms with Gasteiger partial charge in [-0.05, 0) is 32.1 Å². The third-order valence-electron chi connectivity index (χ3n) is 2.87. The highest BCUT2D eigenvalue weighted by molar-refractivity contribution is 7.99. The van der Waals surface area contributed by atoms with E-state index in [9.17, 15) is 4.79 Å². The van der Waals surface area contributed by atoms with Gasteiger partial charge in [0.2, 0.25) is 5.91 Å². The molecule has 0 aromatic rings. The van der Waals surface area contributed by atoms with Crippen LogP contribution >= 0.6 is 11.8 Å². The molecular formula is C11H22N2OS. The van der Waals surface area contributed by atoms with Crippen LogP contribution in [-0.2, 0) is 4.79 Å². The van der Waals surface area contributed by atoms with Gasteiger partial charge in [-0.1, -0.05) is 6.92 Å². The van der Waals surface area contributed by atoms with E-state index >= 15 is 0 Å². The van der Waals surface area contributed by atoms with Crippen molar-refractivity contribution in [1.82, 2.24) is 10.6 Å². The van der Waals surface area contributed by atoms with Crippen molar-refractivity contribution in [2.75, 3.05) is 19.3 Å². The van der Waals surface area contributed by atoms with Crippen LogP contribution in [0.3, 0.4) is 0 Å². The molecule has 0 bridgehead atoms. The molecule has 2 unspecified atom stereocenters. The smallest absolute Gasteiger partial charge is 0.221 e. The maximum Gasteiger partial charge on any atom is 0.221 e. The molecule has 1 amide bonds. The van der Waals surface area contributed by atoms with E-state index in [1.807, 2.05) is 11.8 Å². The molecule has 0 aromatic heterocycles. The van der Waals surface area contributed by atoms with E-state index in [4.69, 9.17) is 0 Å². The third kappa shape index (κ3) is 5.42. The van der Waals surface area contributed by atoms with Crippen molar-refractivity contribution in [3.8, 4) is 0 Å². The summed E-state index contributed by atoms with van der Waals surface area (Å²) < 4.78 is 0. The molecule has 88 valence electrons. The molecule has 0 aliphatic carbocycles. The Hall–Kier alpha value is -0.220. The summed E-state index contributed by atoms with van der Waals surface area (Å²) in [5.41, 5.74) is 0. The molecule has 3 nitrogen and oxygen atoms in total. The Morgan fingerprint density at radius 3 is 3.07 bits per heavy atom. The average Bonchev–Trinajstić information content (AvgIpc) is 2.70. The summed E-state index contributed by atoms with van der Waals surface area (Å²) in [7, 11) is 0. The lowest BCUT2D eigenvalue weighted by molar-refractivity contribution is -0.121. The summed E-state index contributed by atoms with van der Waals surface area (Å²) in [6.07, 6.45) is 6.17. The minimum absolute atomic E-state index is 0.197. The first kappa shape index (κ1) is 12.8. The Bertz CT molecular complexity index is 193. The van der Waals surface area contributed by atoms with Gasteiger partial charge in [0.05, 0.1) is 0 Å². The first-order valence-electron chi connectivity index (χ1n) is 5.75. The fraction of sp³-hybridized carbons (Fsp3) is 0.909. The highest BCUT2D eigenvalue weighted by Crippen LogP contribution is 2.09. The van der Waals surface area contributed by atoms with Gasteiger partial charge in [-0.15, -0.1) is 0 Å². The molecule has 2 atom stereocenters. The Morgan fingerprint density at radius 1 is 1.67 bits per heavy atom. The van der Waals surface area contributed by atoms with Crippen LogP contribution in [0, 0.1) is 0 Å². The number of rotatable bonds is 6. The quantitative estimate of drug-likeness (QED) is 0.724. The highest BCUT2D eigenvalue weighted by Gasteiger charge is 2.17. The van der Waals surface area contributed by atoms with Gasteiger partial charge in [0.15, 0.2) is 0 Å². The molecule has 4 heteroatoms. The van der Waals surface area contributed by atoms with Crippen LogP contribution in [-0.4, -0.2) is 36.5 Å². The van der Waals surface area contributed by atoms with Crippen LogP contribution in [0.25, 0.3) is 0 Å². The topological polar surface area (TPSA) is 41.1 Å². The van der Waals surface area contributed by atoms with Crippen LogP contribution < -0.4 is 10.6 Å². The highest BCUT2D eigenvalue weighted by atomic mass is 32.2. The minimum Gasteiger partial charge on any atom is -0.356 e. The standard InChI is InChI=1S/C11H22N2OS/c1-9(15-2)5-7-13-11(14)8-10-4-3-6-12-10/h9-10,12H,3-8H2,1-2H3,(H,13,14). The summed E-state index contributed by atoms with van der Waals surface area (Å²) in [6.45, 7) is 4.07. The molecule has 1 rings (SSSR count). The Labute approximate surface area is 96.8 Å². The van der Waals surface area contributed by atoms with E-state index in [-0.39, 0.29) is 5.91 Å². The van der Waals surface area contributed by atoms with Crippen molar-refractivity contribution in [1.29, 1.82) is 0 Å². The predicted octanol–water partition coefficient (Wildman–Crippen LogP) is 1.39. The van der Waals surface area contributed by atoms with Gasteiger partial charge >= 0.3 is 0 Å². The Balaban J connectivity index is 2.02. The van der Waals surface area contributed by atoms with Crippen LogP contribution in [0.5, 0.6) is 0 Å². The van der Waals surface area contributed by atoms with Crippen molar-refractivity contribution < 1.29 is 4.79 Å². The van der Waals surface area contributed by atoms with Gasteiger partial charge in [-0.2, -0.15) is 11.8 Å². The van der Waals surface area contributed by atoms with Crippen LogP contribution in [0.2, 0.25) is 0 Å². The zero-order valence-corrected chi connectivity index (χ0v) is 10.5. The second-order valence-electron chi connectivity index (χ2n) is 4.18. The van der Waals surface area contributed by atoms with Gasteiger partial charge in [-0.25, -0.2) is 0 Å². The molecule has 1 fully saturated rings. The molecule has 0 radical (unpaired) electrons. The summed E-state index contributed by atoms with van der Waals surface area (Å²) in [6, 6.07) is 0.419. The van der Waals surface area contributed by atoms with E-state index in [0.29, 0.717) is 17.7 Å². The third-order valence-corrected chi connectivity index (χ3v) is 3.91. The lowest BCUT2D eigenvalue weighted by Gasteiger charge is -2.12. The SMILES string of the molecule is CSC(C)CCNC(=O)CC1CCCN1. The lowest BCUT2D eigenvalue weighted by Crippen LogP contribution is -2.32. The molecule has 0 saturated carbocycles. The van der Waals surface area contributed by atoms with Crippen LogP contribution in [0.4, 0.5) is 0 Å². The van der Waals surface area contributed by atoms with Gasteiger partial charge in [-0.3, -0.25) is 4.79 Å². The average molecular weight is 230 g/mol. The number of carbonyl (C=O) groups is 1. The molecule has 0 aromatic carbocycles. The molecule has 2 N–H and O–H groups in total. The van der Waals surface area contributed by atoms with Crippen molar-refractivity contribution in [3.63, 3.8) is 0 Å². The van der Waals surface area contributed by atoms with Gasteiger partial charge in [0.25, 0.3) is 0 Å². The van der Waals surface area contributed by atoms with Crippen molar-refractivity contribution in [2.24, 2.45) is 0 Å². The van der Waals surface area contributed by atoms with E-state index in [1.165, 1.54) is 6.42 Å². The maximum atomic E-state index is 11.5. The zero-order valence-electron chi connectivity index (χ0n) is 9.71. The predicted molar refractivity (Wildman–Crippen MR) is 66.2 cm³/mol. The fourth-order valence-corrected chi connectivity index (χ4v) is 2.11. The van der Waals surface area contributed by atoms with E-state index in [1.54, 1.807) is 0 Å². The van der Waals surface area contributed by atoms with Crippen molar-refractivity contribution >= 4 is 17.7 Å². The molecule has 0 spiro atoms. The van der Waals surface area contributed by atoms with E-state index < -0.39 is 0 Å². The summed E-state index contributed by atoms with van der Waals surface area (Å²) in [5, 5.41) is 6.95. The second-order valence-corrected chi connectivity index (χ2v) is 5.46. The van der Waals surface area contributed by atoms with Gasteiger partial charge < -0.3 is 10.6 Å². The number of amides is 1. The second kappa shape index (κ2) is 7.12. The first-order chi connectivity index (χ1) is 7.22. The molecule has 1 saturated heterocycles. The largest absolute Gasteiger partial charge is 0.356 e. The van der Waals surface area contributed by atoms with Crippen molar-refractivity contribution in [3.05, 3.63) is 0 Å². The monoisotopic (exact) mass is 230 g/mol. The summed E-state index contributed by atoms with van der Waals surface area (Å²) in [5.74, 6) is 0.197. The molecule has 1 aliphatic heterocycles. The van der Waals surface area contributed by atoms with Gasteiger partial charge in [0.1, 0.15) is 0 Å². The number of nitrogens with one attached hydrogen (secondary N) is 2. The minimum atomic E-state index is 0.197. The number of hydrogen-bond acceptors (Lipinski definition) is 3. The molecule has 1 aliphatic rings. The van der Waals surface area contributed by atoms with Crippen LogP contribution in [0.15, 0.2) is 0 Å².